The number of hydrogen-bond acceptors (Lipinski definition) is 2. The fraction of sp³-hybridized carbons (Fsp3) is 0.647. The van der Waals surface area contributed by atoms with Crippen LogP contribution in [0.2, 0.25) is 5.02 Å². The van der Waals surface area contributed by atoms with Gasteiger partial charge in [0.25, 0.3) is 0 Å². The zero-order valence-corrected chi connectivity index (χ0v) is 15.8. The summed E-state index contributed by atoms with van der Waals surface area (Å²) in [6.45, 7) is 11.2. The second-order valence-electron chi connectivity index (χ2n) is 6.40. The quantitative estimate of drug-likeness (QED) is 0.790. The number of hydrogen-bond donors (Lipinski definition) is 1. The van der Waals surface area contributed by atoms with Crippen molar-refractivity contribution in [2.75, 3.05) is 18.0 Å². The van der Waals surface area contributed by atoms with E-state index in [-0.39, 0.29) is 5.54 Å². The van der Waals surface area contributed by atoms with E-state index < -0.39 is 0 Å². The second kappa shape index (κ2) is 6.89. The van der Waals surface area contributed by atoms with Gasteiger partial charge in [-0.2, -0.15) is 0 Å². The SMILES string of the molecule is CCC1(CC)CN(c2ccc(Cl)cc2Br)C(C(C)C)CN1. The second-order valence-corrected chi connectivity index (χ2v) is 7.69. The summed E-state index contributed by atoms with van der Waals surface area (Å²) in [6, 6.07) is 6.63. The minimum Gasteiger partial charge on any atom is -0.364 e. The van der Waals surface area contributed by atoms with Crippen molar-refractivity contribution in [3.8, 4) is 0 Å². The van der Waals surface area contributed by atoms with Gasteiger partial charge in [-0.25, -0.2) is 0 Å². The first kappa shape index (κ1) is 17.1. The van der Waals surface area contributed by atoms with Crippen LogP contribution < -0.4 is 10.2 Å². The molecule has 1 aliphatic heterocycles. The molecule has 0 amide bonds. The molecular formula is C17H26BrClN2. The number of halogens is 2. The van der Waals surface area contributed by atoms with Gasteiger partial charge in [0.15, 0.2) is 0 Å². The average molecular weight is 374 g/mol. The summed E-state index contributed by atoms with van der Waals surface area (Å²) < 4.78 is 1.09. The maximum atomic E-state index is 6.10. The van der Waals surface area contributed by atoms with E-state index in [1.54, 1.807) is 0 Å². The summed E-state index contributed by atoms with van der Waals surface area (Å²) >= 11 is 9.80. The van der Waals surface area contributed by atoms with Crippen LogP contribution >= 0.6 is 27.5 Å². The van der Waals surface area contributed by atoms with Crippen molar-refractivity contribution < 1.29 is 0 Å². The molecule has 4 heteroatoms. The first-order valence-electron chi connectivity index (χ1n) is 7.89. The predicted octanol–water partition coefficient (Wildman–Crippen LogP) is 5.10. The lowest BCUT2D eigenvalue weighted by Crippen LogP contribution is -2.65. The molecule has 0 aliphatic carbocycles. The van der Waals surface area contributed by atoms with Gasteiger partial charge in [-0.1, -0.05) is 39.3 Å². The normalized spacial score (nSPS) is 21.9. The lowest BCUT2D eigenvalue weighted by molar-refractivity contribution is 0.227. The Balaban J connectivity index is 2.38. The molecule has 0 aromatic heterocycles. The van der Waals surface area contributed by atoms with Crippen molar-refractivity contribution in [1.82, 2.24) is 5.32 Å². The topological polar surface area (TPSA) is 15.3 Å². The van der Waals surface area contributed by atoms with Crippen LogP contribution in [0.1, 0.15) is 40.5 Å². The van der Waals surface area contributed by atoms with E-state index in [0.717, 1.165) is 35.4 Å². The summed E-state index contributed by atoms with van der Waals surface area (Å²) in [5.74, 6) is 0.604. The number of nitrogens with one attached hydrogen (secondary N) is 1. The van der Waals surface area contributed by atoms with Gasteiger partial charge in [-0.15, -0.1) is 0 Å². The highest BCUT2D eigenvalue weighted by Gasteiger charge is 2.38. The molecule has 1 aromatic rings. The largest absolute Gasteiger partial charge is 0.364 e. The van der Waals surface area contributed by atoms with Gasteiger partial charge in [0.05, 0.1) is 5.69 Å². The van der Waals surface area contributed by atoms with Crippen molar-refractivity contribution >= 4 is 33.2 Å². The van der Waals surface area contributed by atoms with Crippen LogP contribution in [0.4, 0.5) is 5.69 Å². The molecule has 1 heterocycles. The van der Waals surface area contributed by atoms with E-state index in [1.165, 1.54) is 5.69 Å². The first-order chi connectivity index (χ1) is 9.92. The summed E-state index contributed by atoms with van der Waals surface area (Å²) in [4.78, 5) is 2.56. The van der Waals surface area contributed by atoms with Crippen molar-refractivity contribution in [2.24, 2.45) is 5.92 Å². The predicted molar refractivity (Wildman–Crippen MR) is 96.4 cm³/mol. The minimum absolute atomic E-state index is 0.213. The highest BCUT2D eigenvalue weighted by molar-refractivity contribution is 9.10. The van der Waals surface area contributed by atoms with E-state index in [1.807, 2.05) is 12.1 Å². The molecular weight excluding hydrogens is 348 g/mol. The molecule has 0 bridgehead atoms. The molecule has 0 spiro atoms. The first-order valence-corrected chi connectivity index (χ1v) is 9.06. The Morgan fingerprint density at radius 2 is 2.05 bits per heavy atom. The van der Waals surface area contributed by atoms with Gasteiger partial charge >= 0.3 is 0 Å². The van der Waals surface area contributed by atoms with Crippen molar-refractivity contribution in [3.63, 3.8) is 0 Å². The third kappa shape index (κ3) is 3.57. The number of piperazine rings is 1. The van der Waals surface area contributed by atoms with Crippen LogP contribution in [-0.4, -0.2) is 24.7 Å². The standard InChI is InChI=1S/C17H26BrClN2/c1-5-17(6-2)11-21(16(10-20-17)12(3)4)15-8-7-13(19)9-14(15)18/h7-9,12,16,20H,5-6,10-11H2,1-4H3. The molecule has 21 heavy (non-hydrogen) atoms. The molecule has 1 aliphatic rings. The van der Waals surface area contributed by atoms with Gasteiger partial charge in [-0.3, -0.25) is 0 Å². The summed E-state index contributed by atoms with van der Waals surface area (Å²) in [5, 5.41) is 4.59. The molecule has 0 saturated carbocycles. The Hall–Kier alpha value is -0.250. The Morgan fingerprint density at radius 1 is 1.38 bits per heavy atom. The molecule has 1 atom stereocenters. The molecule has 0 radical (unpaired) electrons. The van der Waals surface area contributed by atoms with Gasteiger partial charge in [0.2, 0.25) is 0 Å². The van der Waals surface area contributed by atoms with Gasteiger partial charge < -0.3 is 10.2 Å². The third-order valence-electron chi connectivity index (χ3n) is 4.90. The molecule has 2 rings (SSSR count). The smallest absolute Gasteiger partial charge is 0.0515 e. The van der Waals surface area contributed by atoms with Crippen molar-refractivity contribution in [3.05, 3.63) is 27.7 Å². The lowest BCUT2D eigenvalue weighted by atomic mass is 9.86. The maximum absolute atomic E-state index is 6.10. The highest BCUT2D eigenvalue weighted by atomic mass is 79.9. The van der Waals surface area contributed by atoms with E-state index in [0.29, 0.717) is 12.0 Å². The van der Waals surface area contributed by atoms with Gasteiger partial charge in [0, 0.05) is 34.2 Å². The summed E-state index contributed by atoms with van der Waals surface area (Å²) in [6.07, 6.45) is 2.30. The highest BCUT2D eigenvalue weighted by Crippen LogP contribution is 2.35. The number of anilines is 1. The van der Waals surface area contributed by atoms with E-state index in [2.05, 4.69) is 59.9 Å². The summed E-state index contributed by atoms with van der Waals surface area (Å²) in [7, 11) is 0. The zero-order valence-electron chi connectivity index (χ0n) is 13.4. The monoisotopic (exact) mass is 372 g/mol. The Kier molecular flexibility index (Phi) is 5.61. The number of benzene rings is 1. The maximum Gasteiger partial charge on any atom is 0.0515 e. The van der Waals surface area contributed by atoms with Crippen LogP contribution in [0.3, 0.4) is 0 Å². The van der Waals surface area contributed by atoms with Crippen LogP contribution in [0.25, 0.3) is 0 Å². The van der Waals surface area contributed by atoms with Crippen LogP contribution in [-0.2, 0) is 0 Å². The van der Waals surface area contributed by atoms with E-state index in [9.17, 15) is 0 Å². The molecule has 1 unspecified atom stereocenters. The molecule has 1 aromatic carbocycles. The zero-order chi connectivity index (χ0) is 15.6. The van der Waals surface area contributed by atoms with Gasteiger partial charge in [-0.05, 0) is 52.9 Å². The van der Waals surface area contributed by atoms with Crippen molar-refractivity contribution in [2.45, 2.75) is 52.1 Å². The average Bonchev–Trinajstić information content (AvgIpc) is 2.46. The molecule has 1 saturated heterocycles. The van der Waals surface area contributed by atoms with Gasteiger partial charge in [0.1, 0.15) is 0 Å². The van der Waals surface area contributed by atoms with E-state index in [4.69, 9.17) is 11.6 Å². The third-order valence-corrected chi connectivity index (χ3v) is 5.77. The van der Waals surface area contributed by atoms with Crippen LogP contribution in [0, 0.1) is 5.92 Å². The molecule has 2 nitrogen and oxygen atoms in total. The van der Waals surface area contributed by atoms with Crippen LogP contribution in [0.5, 0.6) is 0 Å². The van der Waals surface area contributed by atoms with E-state index >= 15 is 0 Å². The summed E-state index contributed by atoms with van der Waals surface area (Å²) in [5.41, 5.74) is 1.47. The Morgan fingerprint density at radius 3 is 2.57 bits per heavy atom. The molecule has 1 N–H and O–H groups in total. The molecule has 1 fully saturated rings. The Labute approximate surface area is 142 Å². The fourth-order valence-corrected chi connectivity index (χ4v) is 4.14. The molecule has 118 valence electrons. The Bertz CT molecular complexity index is 486. The van der Waals surface area contributed by atoms with Crippen molar-refractivity contribution in [1.29, 1.82) is 0 Å². The lowest BCUT2D eigenvalue weighted by Gasteiger charge is -2.50. The van der Waals surface area contributed by atoms with Crippen LogP contribution in [0.15, 0.2) is 22.7 Å². The number of nitrogens with zero attached hydrogens (tertiary/aromatic N) is 1. The fourth-order valence-electron chi connectivity index (χ4n) is 3.23. The number of rotatable bonds is 4. The minimum atomic E-state index is 0.213.